The molecule has 0 amide bonds. The summed E-state index contributed by atoms with van der Waals surface area (Å²) in [5, 5.41) is 0. The third kappa shape index (κ3) is 3.40. The van der Waals surface area contributed by atoms with Crippen molar-refractivity contribution in [2.75, 3.05) is 21.3 Å². The molecular weight excluding hydrogens is 244 g/mol. The molecule has 19 heavy (non-hydrogen) atoms. The SMILES string of the molecule is CCC(Cc1ccc(OC)c(C)c1OC)C(=O)OC. The third-order valence-electron chi connectivity index (χ3n) is 3.36. The normalized spacial score (nSPS) is 11.8. The van der Waals surface area contributed by atoms with E-state index in [1.54, 1.807) is 14.2 Å². The van der Waals surface area contributed by atoms with Crippen molar-refractivity contribution in [2.45, 2.75) is 26.7 Å². The summed E-state index contributed by atoms with van der Waals surface area (Å²) in [6.07, 6.45) is 1.35. The Labute approximate surface area is 114 Å². The minimum atomic E-state index is -0.182. The topological polar surface area (TPSA) is 44.8 Å². The van der Waals surface area contributed by atoms with E-state index in [4.69, 9.17) is 14.2 Å². The van der Waals surface area contributed by atoms with Crippen LogP contribution in [0.3, 0.4) is 0 Å². The molecule has 0 fully saturated rings. The van der Waals surface area contributed by atoms with Gasteiger partial charge in [0, 0.05) is 5.56 Å². The van der Waals surface area contributed by atoms with Crippen LogP contribution in [0.2, 0.25) is 0 Å². The third-order valence-corrected chi connectivity index (χ3v) is 3.36. The summed E-state index contributed by atoms with van der Waals surface area (Å²) in [6.45, 7) is 3.92. The van der Waals surface area contributed by atoms with Gasteiger partial charge in [0.15, 0.2) is 0 Å². The number of hydrogen-bond donors (Lipinski definition) is 0. The molecule has 1 unspecified atom stereocenters. The molecule has 0 aliphatic rings. The van der Waals surface area contributed by atoms with Crippen LogP contribution >= 0.6 is 0 Å². The van der Waals surface area contributed by atoms with Crippen LogP contribution in [0.4, 0.5) is 0 Å². The lowest BCUT2D eigenvalue weighted by Gasteiger charge is -2.17. The van der Waals surface area contributed by atoms with Gasteiger partial charge in [0.05, 0.1) is 27.2 Å². The molecule has 1 aromatic rings. The summed E-state index contributed by atoms with van der Waals surface area (Å²) in [5.41, 5.74) is 1.94. The van der Waals surface area contributed by atoms with E-state index in [9.17, 15) is 4.79 Å². The highest BCUT2D eigenvalue weighted by molar-refractivity contribution is 5.72. The average Bonchev–Trinajstić information content (AvgIpc) is 2.44. The van der Waals surface area contributed by atoms with Crippen LogP contribution in [0.1, 0.15) is 24.5 Å². The Hall–Kier alpha value is -1.71. The lowest BCUT2D eigenvalue weighted by atomic mass is 9.95. The van der Waals surface area contributed by atoms with Crippen molar-refractivity contribution in [3.05, 3.63) is 23.3 Å². The van der Waals surface area contributed by atoms with E-state index < -0.39 is 0 Å². The van der Waals surface area contributed by atoms with Gasteiger partial charge in [-0.05, 0) is 31.4 Å². The van der Waals surface area contributed by atoms with Crippen molar-refractivity contribution in [1.29, 1.82) is 0 Å². The van der Waals surface area contributed by atoms with Crippen molar-refractivity contribution in [3.8, 4) is 11.5 Å². The van der Waals surface area contributed by atoms with E-state index in [1.165, 1.54) is 7.11 Å². The molecule has 0 saturated carbocycles. The van der Waals surface area contributed by atoms with E-state index in [-0.39, 0.29) is 11.9 Å². The number of hydrogen-bond acceptors (Lipinski definition) is 4. The van der Waals surface area contributed by atoms with Crippen LogP contribution in [0.5, 0.6) is 11.5 Å². The molecule has 0 spiro atoms. The van der Waals surface area contributed by atoms with E-state index >= 15 is 0 Å². The van der Waals surface area contributed by atoms with Crippen LogP contribution in [-0.4, -0.2) is 27.3 Å². The first-order valence-electron chi connectivity index (χ1n) is 6.37. The van der Waals surface area contributed by atoms with E-state index in [2.05, 4.69) is 0 Å². The molecule has 1 rings (SSSR count). The van der Waals surface area contributed by atoms with Gasteiger partial charge in [0.2, 0.25) is 0 Å². The minimum Gasteiger partial charge on any atom is -0.496 e. The first kappa shape index (κ1) is 15.3. The summed E-state index contributed by atoms with van der Waals surface area (Å²) in [6, 6.07) is 3.84. The predicted molar refractivity (Wildman–Crippen MR) is 73.8 cm³/mol. The van der Waals surface area contributed by atoms with Crippen molar-refractivity contribution in [2.24, 2.45) is 5.92 Å². The summed E-state index contributed by atoms with van der Waals surface area (Å²) in [4.78, 5) is 11.7. The highest BCUT2D eigenvalue weighted by atomic mass is 16.5. The number of benzene rings is 1. The summed E-state index contributed by atoms with van der Waals surface area (Å²) in [5.74, 6) is 1.23. The second-order valence-electron chi connectivity index (χ2n) is 4.42. The zero-order valence-electron chi connectivity index (χ0n) is 12.3. The van der Waals surface area contributed by atoms with Gasteiger partial charge in [-0.1, -0.05) is 13.0 Å². The smallest absolute Gasteiger partial charge is 0.308 e. The fourth-order valence-electron chi connectivity index (χ4n) is 2.22. The van der Waals surface area contributed by atoms with Gasteiger partial charge in [-0.3, -0.25) is 4.79 Å². The molecule has 0 aliphatic carbocycles. The Morgan fingerprint density at radius 3 is 2.37 bits per heavy atom. The quantitative estimate of drug-likeness (QED) is 0.743. The maximum absolute atomic E-state index is 11.7. The molecular formula is C15H22O4. The highest BCUT2D eigenvalue weighted by Gasteiger charge is 2.21. The molecule has 106 valence electrons. The number of carbonyl (C=O) groups excluding carboxylic acids is 1. The first-order chi connectivity index (χ1) is 9.08. The maximum atomic E-state index is 11.7. The van der Waals surface area contributed by atoms with Gasteiger partial charge < -0.3 is 14.2 Å². The van der Waals surface area contributed by atoms with E-state index in [1.807, 2.05) is 26.0 Å². The Morgan fingerprint density at radius 1 is 1.21 bits per heavy atom. The molecule has 4 heteroatoms. The van der Waals surface area contributed by atoms with Crippen molar-refractivity contribution >= 4 is 5.97 Å². The second-order valence-corrected chi connectivity index (χ2v) is 4.42. The molecule has 0 saturated heterocycles. The van der Waals surface area contributed by atoms with Crippen LogP contribution in [0.15, 0.2) is 12.1 Å². The van der Waals surface area contributed by atoms with Gasteiger partial charge in [-0.15, -0.1) is 0 Å². The van der Waals surface area contributed by atoms with E-state index in [0.717, 1.165) is 29.0 Å². The van der Waals surface area contributed by atoms with Crippen molar-refractivity contribution < 1.29 is 19.0 Å². The molecule has 1 aromatic carbocycles. The lowest BCUT2D eigenvalue weighted by molar-refractivity contribution is -0.145. The van der Waals surface area contributed by atoms with Gasteiger partial charge in [0.25, 0.3) is 0 Å². The highest BCUT2D eigenvalue weighted by Crippen LogP contribution is 2.33. The number of methoxy groups -OCH3 is 3. The number of ether oxygens (including phenoxy) is 3. The van der Waals surface area contributed by atoms with Crippen LogP contribution in [0.25, 0.3) is 0 Å². The van der Waals surface area contributed by atoms with Crippen molar-refractivity contribution in [1.82, 2.24) is 0 Å². The molecule has 0 aliphatic heterocycles. The maximum Gasteiger partial charge on any atom is 0.308 e. The fraction of sp³-hybridized carbons (Fsp3) is 0.533. The van der Waals surface area contributed by atoms with Gasteiger partial charge in [-0.25, -0.2) is 0 Å². The molecule has 0 heterocycles. The molecule has 4 nitrogen and oxygen atoms in total. The Morgan fingerprint density at radius 2 is 1.89 bits per heavy atom. The Balaban J connectivity index is 3.07. The van der Waals surface area contributed by atoms with Gasteiger partial charge >= 0.3 is 5.97 Å². The Bertz CT molecular complexity index is 440. The second kappa shape index (κ2) is 7.02. The fourth-order valence-corrected chi connectivity index (χ4v) is 2.22. The molecule has 0 aromatic heterocycles. The Kier molecular flexibility index (Phi) is 5.67. The van der Waals surface area contributed by atoms with Crippen LogP contribution in [0, 0.1) is 12.8 Å². The number of esters is 1. The predicted octanol–water partition coefficient (Wildman–Crippen LogP) is 2.75. The van der Waals surface area contributed by atoms with Gasteiger partial charge in [0.1, 0.15) is 11.5 Å². The summed E-state index contributed by atoms with van der Waals surface area (Å²) < 4.78 is 15.5. The average molecular weight is 266 g/mol. The molecule has 0 radical (unpaired) electrons. The van der Waals surface area contributed by atoms with Gasteiger partial charge in [-0.2, -0.15) is 0 Å². The van der Waals surface area contributed by atoms with E-state index in [0.29, 0.717) is 6.42 Å². The van der Waals surface area contributed by atoms with Crippen LogP contribution < -0.4 is 9.47 Å². The number of carbonyl (C=O) groups is 1. The minimum absolute atomic E-state index is 0.147. The molecule has 0 bridgehead atoms. The zero-order valence-corrected chi connectivity index (χ0v) is 12.3. The lowest BCUT2D eigenvalue weighted by Crippen LogP contribution is -2.18. The first-order valence-corrected chi connectivity index (χ1v) is 6.37. The molecule has 0 N–H and O–H groups in total. The van der Waals surface area contributed by atoms with Crippen LogP contribution in [-0.2, 0) is 16.0 Å². The molecule has 1 atom stereocenters. The summed E-state index contributed by atoms with van der Waals surface area (Å²) in [7, 11) is 4.68. The van der Waals surface area contributed by atoms with Crippen molar-refractivity contribution in [3.63, 3.8) is 0 Å². The standard InChI is InChI=1S/C15H22O4/c1-6-11(15(16)19-5)9-12-7-8-13(17-3)10(2)14(12)18-4/h7-8,11H,6,9H2,1-5H3. The monoisotopic (exact) mass is 266 g/mol. The summed E-state index contributed by atoms with van der Waals surface area (Å²) >= 11 is 0. The zero-order chi connectivity index (χ0) is 14.4. The largest absolute Gasteiger partial charge is 0.496 e. The number of rotatable bonds is 6.